The summed E-state index contributed by atoms with van der Waals surface area (Å²) >= 11 is 0. The minimum Gasteiger partial charge on any atom is -0.496 e. The second kappa shape index (κ2) is 9.90. The number of benzene rings is 1. The van der Waals surface area contributed by atoms with Gasteiger partial charge in [-0.05, 0) is 36.6 Å². The molecule has 2 atom stereocenters. The minimum absolute atomic E-state index is 0.0460. The highest BCUT2D eigenvalue weighted by atomic mass is 16.5. The lowest BCUT2D eigenvalue weighted by Gasteiger charge is -2.20. The van der Waals surface area contributed by atoms with Gasteiger partial charge >= 0.3 is 0 Å². The number of carbonyl (C=O) groups is 2. The summed E-state index contributed by atoms with van der Waals surface area (Å²) in [5.74, 6) is -0.128. The van der Waals surface area contributed by atoms with Crippen LogP contribution in [0.2, 0.25) is 0 Å². The Hall–Kier alpha value is -3.66. The topological polar surface area (TPSA) is 108 Å². The average molecular weight is 418 g/mol. The number of ketones is 1. The third-order valence-electron chi connectivity index (χ3n) is 5.14. The van der Waals surface area contributed by atoms with E-state index in [2.05, 4.69) is 21.4 Å². The van der Waals surface area contributed by atoms with Gasteiger partial charge in [0.2, 0.25) is 5.91 Å². The van der Waals surface area contributed by atoms with Crippen LogP contribution in [0.15, 0.2) is 48.8 Å². The zero-order valence-corrected chi connectivity index (χ0v) is 17.9. The van der Waals surface area contributed by atoms with Crippen LogP contribution in [-0.4, -0.2) is 28.8 Å². The van der Waals surface area contributed by atoms with Crippen LogP contribution >= 0.6 is 0 Å². The first-order chi connectivity index (χ1) is 14.9. The van der Waals surface area contributed by atoms with Crippen LogP contribution in [0.1, 0.15) is 48.8 Å². The highest BCUT2D eigenvalue weighted by Crippen LogP contribution is 2.27. The highest BCUT2D eigenvalue weighted by Gasteiger charge is 2.27. The first-order valence-electron chi connectivity index (χ1n) is 10.2. The number of fused-ring (bicyclic) bond motifs is 1. The predicted octanol–water partition coefficient (Wildman–Crippen LogP) is 4.19. The Morgan fingerprint density at radius 2 is 2.06 bits per heavy atom. The third-order valence-corrected chi connectivity index (χ3v) is 5.14. The van der Waals surface area contributed by atoms with E-state index in [-0.39, 0.29) is 24.0 Å². The molecule has 0 aliphatic heterocycles. The predicted molar refractivity (Wildman–Crippen MR) is 117 cm³/mol. The largest absolute Gasteiger partial charge is 0.496 e. The van der Waals surface area contributed by atoms with Crippen molar-refractivity contribution >= 4 is 22.6 Å². The molecule has 0 fully saturated rings. The smallest absolute Gasteiger partial charge is 0.224 e. The number of nitrogens with one attached hydrogen (secondary N) is 2. The average Bonchev–Trinajstić information content (AvgIpc) is 3.21. The number of carbonyl (C=O) groups excluding carboxylic acids is 2. The number of nitrogens with zero attached hydrogens (tertiary/aromatic N) is 2. The summed E-state index contributed by atoms with van der Waals surface area (Å²) in [6, 6.07) is 12.0. The van der Waals surface area contributed by atoms with Crippen molar-refractivity contribution in [2.45, 2.75) is 32.7 Å². The van der Waals surface area contributed by atoms with Gasteiger partial charge in [-0.25, -0.2) is 0 Å². The number of hydrogen-bond donors (Lipinski definition) is 2. The molecule has 7 heteroatoms. The van der Waals surface area contributed by atoms with Crippen molar-refractivity contribution in [2.24, 2.45) is 11.8 Å². The lowest BCUT2D eigenvalue weighted by atomic mass is 9.90. The van der Waals surface area contributed by atoms with Crippen LogP contribution in [0.4, 0.5) is 0 Å². The van der Waals surface area contributed by atoms with Gasteiger partial charge in [0.25, 0.3) is 0 Å². The van der Waals surface area contributed by atoms with E-state index in [1.54, 1.807) is 37.7 Å². The molecular formula is C24H26N4O3. The van der Waals surface area contributed by atoms with Crippen LogP contribution < -0.4 is 10.1 Å². The molecule has 31 heavy (non-hydrogen) atoms. The summed E-state index contributed by atoms with van der Waals surface area (Å²) in [7, 11) is 1.58. The lowest BCUT2D eigenvalue weighted by Crippen LogP contribution is -2.35. The molecule has 0 bridgehead atoms. The monoisotopic (exact) mass is 418 g/mol. The van der Waals surface area contributed by atoms with Gasteiger partial charge in [0.1, 0.15) is 11.8 Å². The van der Waals surface area contributed by atoms with E-state index < -0.39 is 12.0 Å². The Kier molecular flexibility index (Phi) is 7.03. The summed E-state index contributed by atoms with van der Waals surface area (Å²) in [5.41, 5.74) is 1.84. The molecular weight excluding hydrogens is 392 g/mol. The van der Waals surface area contributed by atoms with Crippen LogP contribution in [0, 0.1) is 23.2 Å². The molecule has 0 saturated carbocycles. The molecule has 0 saturated heterocycles. The van der Waals surface area contributed by atoms with E-state index in [1.165, 1.54) is 0 Å². The van der Waals surface area contributed by atoms with Crippen molar-refractivity contribution in [3.8, 4) is 11.8 Å². The molecule has 2 heterocycles. The maximum atomic E-state index is 13.0. The van der Waals surface area contributed by atoms with Gasteiger partial charge in [-0.15, -0.1) is 0 Å². The summed E-state index contributed by atoms with van der Waals surface area (Å²) in [4.78, 5) is 33.1. The molecule has 160 valence electrons. The quantitative estimate of drug-likeness (QED) is 0.507. The van der Waals surface area contributed by atoms with Crippen molar-refractivity contribution in [1.82, 2.24) is 15.3 Å². The van der Waals surface area contributed by atoms with Crippen molar-refractivity contribution in [3.05, 3.63) is 60.0 Å². The summed E-state index contributed by atoms with van der Waals surface area (Å²) in [6.07, 6.45) is 3.74. The van der Waals surface area contributed by atoms with Crippen LogP contribution in [0.5, 0.6) is 5.75 Å². The van der Waals surface area contributed by atoms with E-state index >= 15 is 0 Å². The fourth-order valence-corrected chi connectivity index (χ4v) is 3.64. The molecule has 1 amide bonds. The summed E-state index contributed by atoms with van der Waals surface area (Å²) < 4.78 is 5.36. The van der Waals surface area contributed by atoms with Crippen molar-refractivity contribution < 1.29 is 14.3 Å². The SMILES string of the molecule is COc1cccc2[nH]c(C(=O)C[C@@H](CC(C)C)C(=O)N[C@H](C#N)c3cccnc3)cc12. The number of nitriles is 1. The molecule has 3 aromatic rings. The van der Waals surface area contributed by atoms with Crippen LogP contribution in [-0.2, 0) is 4.79 Å². The van der Waals surface area contributed by atoms with Gasteiger partial charge < -0.3 is 15.0 Å². The standard InChI is InChI=1S/C24H26N4O3/c1-15(2)10-17(24(30)28-21(13-25)16-6-5-9-26-14-16)11-22(29)20-12-18-19(27-20)7-4-8-23(18)31-3/h4-9,12,14-15,17,21,27H,10-11H2,1-3H3,(H,28,30)/t17-,21-/m1/s1. The lowest BCUT2D eigenvalue weighted by molar-refractivity contribution is -0.125. The normalized spacial score (nSPS) is 12.9. The number of aromatic nitrogens is 2. The number of aromatic amines is 1. The minimum atomic E-state index is -0.816. The van der Waals surface area contributed by atoms with Crippen molar-refractivity contribution in [2.75, 3.05) is 7.11 Å². The van der Waals surface area contributed by atoms with Crippen LogP contribution in [0.25, 0.3) is 10.9 Å². The Morgan fingerprint density at radius 1 is 1.26 bits per heavy atom. The van der Waals surface area contributed by atoms with Gasteiger partial charge in [-0.2, -0.15) is 5.26 Å². The van der Waals surface area contributed by atoms with E-state index in [9.17, 15) is 14.9 Å². The fraction of sp³-hybridized carbons (Fsp3) is 0.333. The molecule has 2 N–H and O–H groups in total. The van der Waals surface area contributed by atoms with Gasteiger partial charge in [-0.3, -0.25) is 14.6 Å². The number of H-pyrrole nitrogens is 1. The van der Waals surface area contributed by atoms with E-state index in [0.717, 1.165) is 10.9 Å². The summed E-state index contributed by atoms with van der Waals surface area (Å²) in [6.45, 7) is 4.00. The van der Waals surface area contributed by atoms with Crippen molar-refractivity contribution in [3.63, 3.8) is 0 Å². The van der Waals surface area contributed by atoms with Gasteiger partial charge in [0, 0.05) is 41.2 Å². The van der Waals surface area contributed by atoms with Gasteiger partial charge in [0.15, 0.2) is 5.78 Å². The zero-order valence-electron chi connectivity index (χ0n) is 17.9. The fourth-order valence-electron chi connectivity index (χ4n) is 3.64. The zero-order chi connectivity index (χ0) is 22.4. The molecule has 0 radical (unpaired) electrons. The molecule has 0 unspecified atom stereocenters. The Balaban J connectivity index is 1.78. The second-order valence-corrected chi connectivity index (χ2v) is 7.92. The van der Waals surface area contributed by atoms with E-state index in [1.807, 2.05) is 32.0 Å². The highest BCUT2D eigenvalue weighted by molar-refractivity contribution is 6.02. The number of methoxy groups -OCH3 is 1. The molecule has 0 spiro atoms. The maximum Gasteiger partial charge on any atom is 0.224 e. The molecule has 7 nitrogen and oxygen atoms in total. The Bertz CT molecular complexity index is 1100. The number of amides is 1. The molecule has 3 rings (SSSR count). The first kappa shape index (κ1) is 22.0. The van der Waals surface area contributed by atoms with Crippen molar-refractivity contribution in [1.29, 1.82) is 5.26 Å². The molecule has 0 aliphatic carbocycles. The Morgan fingerprint density at radius 3 is 2.71 bits per heavy atom. The second-order valence-electron chi connectivity index (χ2n) is 7.92. The van der Waals surface area contributed by atoms with Gasteiger partial charge in [0.05, 0.1) is 18.9 Å². The number of Topliss-reactive ketones (excluding diaryl/α,β-unsaturated/α-hetero) is 1. The Labute approximate surface area is 181 Å². The van der Waals surface area contributed by atoms with Gasteiger partial charge in [-0.1, -0.05) is 26.0 Å². The first-order valence-corrected chi connectivity index (χ1v) is 10.2. The molecule has 0 aliphatic rings. The maximum absolute atomic E-state index is 13.0. The van der Waals surface area contributed by atoms with E-state index in [4.69, 9.17) is 4.74 Å². The number of ether oxygens (including phenoxy) is 1. The molecule has 2 aromatic heterocycles. The van der Waals surface area contributed by atoms with Crippen LogP contribution in [0.3, 0.4) is 0 Å². The molecule has 1 aromatic carbocycles. The number of hydrogen-bond acceptors (Lipinski definition) is 5. The van der Waals surface area contributed by atoms with E-state index in [0.29, 0.717) is 23.4 Å². The third kappa shape index (κ3) is 5.28. The number of rotatable bonds is 9. The summed E-state index contributed by atoms with van der Waals surface area (Å²) in [5, 5.41) is 13.1. The number of pyridine rings is 1.